The molecular formula is C14H17ClN4S. The number of thiocarbonyl (C=S) groups is 1. The van der Waals surface area contributed by atoms with Gasteiger partial charge in [0.25, 0.3) is 0 Å². The number of anilines is 1. The zero-order chi connectivity index (χ0) is 14.5. The summed E-state index contributed by atoms with van der Waals surface area (Å²) in [6, 6.07) is 8.04. The van der Waals surface area contributed by atoms with Gasteiger partial charge in [0.2, 0.25) is 0 Å². The Morgan fingerprint density at radius 3 is 2.85 bits per heavy atom. The summed E-state index contributed by atoms with van der Waals surface area (Å²) in [7, 11) is 0. The quantitative estimate of drug-likeness (QED) is 0.851. The summed E-state index contributed by atoms with van der Waals surface area (Å²) >= 11 is 11.3. The second kappa shape index (κ2) is 6.72. The Kier molecular flexibility index (Phi) is 4.98. The summed E-state index contributed by atoms with van der Waals surface area (Å²) < 4.78 is 1.82. The van der Waals surface area contributed by atoms with Crippen LogP contribution >= 0.6 is 23.8 Å². The van der Waals surface area contributed by atoms with Gasteiger partial charge in [-0.15, -0.1) is 0 Å². The average Bonchev–Trinajstić information content (AvgIpc) is 2.78. The Morgan fingerprint density at radius 1 is 1.40 bits per heavy atom. The van der Waals surface area contributed by atoms with Gasteiger partial charge in [-0.3, -0.25) is 4.68 Å². The van der Waals surface area contributed by atoms with Crippen LogP contribution in [-0.4, -0.2) is 20.9 Å². The summed E-state index contributed by atoms with van der Waals surface area (Å²) in [4.78, 5) is 0. The molecule has 0 saturated heterocycles. The molecule has 2 rings (SSSR count). The van der Waals surface area contributed by atoms with E-state index in [0.29, 0.717) is 17.7 Å². The zero-order valence-corrected chi connectivity index (χ0v) is 13.0. The number of nitrogens with one attached hydrogen (secondary N) is 2. The van der Waals surface area contributed by atoms with Gasteiger partial charge in [-0.05, 0) is 37.7 Å². The number of aromatic nitrogens is 2. The summed E-state index contributed by atoms with van der Waals surface area (Å²) in [6.07, 6.45) is 3.64. The van der Waals surface area contributed by atoms with Crippen LogP contribution < -0.4 is 10.6 Å². The molecular weight excluding hydrogens is 292 g/mol. The topological polar surface area (TPSA) is 41.9 Å². The first-order valence-corrected chi connectivity index (χ1v) is 7.16. The van der Waals surface area contributed by atoms with Gasteiger partial charge in [-0.2, -0.15) is 5.10 Å². The lowest BCUT2D eigenvalue weighted by Gasteiger charge is -2.11. The fourth-order valence-corrected chi connectivity index (χ4v) is 2.29. The standard InChI is InChI=1S/C14H17ClN4S/c1-10(2)17-14(20)18-12-7-16-19(9-12)8-11-5-3-4-6-13(11)15/h3-7,9-10H,8H2,1-2H3,(H2,17,18,20). The van der Waals surface area contributed by atoms with Crippen LogP contribution in [0.3, 0.4) is 0 Å². The van der Waals surface area contributed by atoms with Gasteiger partial charge in [0.15, 0.2) is 5.11 Å². The van der Waals surface area contributed by atoms with Crippen LogP contribution in [0.15, 0.2) is 36.7 Å². The minimum Gasteiger partial charge on any atom is -0.360 e. The number of hydrogen-bond acceptors (Lipinski definition) is 2. The number of rotatable bonds is 4. The van der Waals surface area contributed by atoms with Crippen molar-refractivity contribution in [2.24, 2.45) is 0 Å². The van der Waals surface area contributed by atoms with E-state index in [9.17, 15) is 0 Å². The third-order valence-corrected chi connectivity index (χ3v) is 3.19. The Hall–Kier alpha value is -1.59. The van der Waals surface area contributed by atoms with E-state index in [-0.39, 0.29) is 0 Å². The van der Waals surface area contributed by atoms with Crippen molar-refractivity contribution in [2.45, 2.75) is 26.4 Å². The molecule has 0 radical (unpaired) electrons. The molecule has 1 aromatic heterocycles. The lowest BCUT2D eigenvalue weighted by Crippen LogP contribution is -2.33. The zero-order valence-electron chi connectivity index (χ0n) is 11.4. The molecule has 106 valence electrons. The minimum atomic E-state index is 0.299. The summed E-state index contributed by atoms with van der Waals surface area (Å²) in [6.45, 7) is 4.70. The lowest BCUT2D eigenvalue weighted by molar-refractivity contribution is 0.687. The van der Waals surface area contributed by atoms with Crippen molar-refractivity contribution in [3.8, 4) is 0 Å². The molecule has 0 atom stereocenters. The lowest BCUT2D eigenvalue weighted by atomic mass is 10.2. The molecule has 20 heavy (non-hydrogen) atoms. The molecule has 4 nitrogen and oxygen atoms in total. The highest BCUT2D eigenvalue weighted by Crippen LogP contribution is 2.16. The van der Waals surface area contributed by atoms with E-state index in [1.165, 1.54) is 0 Å². The van der Waals surface area contributed by atoms with E-state index in [1.807, 2.05) is 49.0 Å². The highest BCUT2D eigenvalue weighted by molar-refractivity contribution is 7.80. The van der Waals surface area contributed by atoms with E-state index in [2.05, 4.69) is 15.7 Å². The Bertz CT molecular complexity index is 594. The van der Waals surface area contributed by atoms with E-state index in [0.717, 1.165) is 16.3 Å². The van der Waals surface area contributed by atoms with Crippen molar-refractivity contribution in [1.29, 1.82) is 0 Å². The van der Waals surface area contributed by atoms with Crippen LogP contribution in [0, 0.1) is 0 Å². The molecule has 2 aromatic rings. The number of benzene rings is 1. The van der Waals surface area contributed by atoms with E-state index >= 15 is 0 Å². The molecule has 0 fully saturated rings. The molecule has 0 aliphatic carbocycles. The van der Waals surface area contributed by atoms with E-state index in [4.69, 9.17) is 23.8 Å². The molecule has 0 unspecified atom stereocenters. The Morgan fingerprint density at radius 2 is 2.15 bits per heavy atom. The van der Waals surface area contributed by atoms with Crippen molar-refractivity contribution in [3.05, 3.63) is 47.2 Å². The monoisotopic (exact) mass is 308 g/mol. The smallest absolute Gasteiger partial charge is 0.171 e. The normalized spacial score (nSPS) is 10.6. The maximum absolute atomic E-state index is 6.14. The largest absolute Gasteiger partial charge is 0.360 e. The van der Waals surface area contributed by atoms with Crippen LogP contribution in [0.4, 0.5) is 5.69 Å². The van der Waals surface area contributed by atoms with Crippen LogP contribution in [0.25, 0.3) is 0 Å². The molecule has 0 amide bonds. The fourth-order valence-electron chi connectivity index (χ4n) is 1.75. The fraction of sp³-hybridized carbons (Fsp3) is 0.286. The van der Waals surface area contributed by atoms with Crippen LogP contribution in [-0.2, 0) is 6.54 Å². The molecule has 0 spiro atoms. The number of nitrogens with zero attached hydrogens (tertiary/aromatic N) is 2. The third-order valence-electron chi connectivity index (χ3n) is 2.60. The molecule has 0 aliphatic heterocycles. The molecule has 0 aliphatic rings. The van der Waals surface area contributed by atoms with Crippen molar-refractivity contribution in [2.75, 3.05) is 5.32 Å². The van der Waals surface area contributed by atoms with Crippen molar-refractivity contribution in [1.82, 2.24) is 15.1 Å². The van der Waals surface area contributed by atoms with Gasteiger partial charge >= 0.3 is 0 Å². The van der Waals surface area contributed by atoms with E-state index in [1.54, 1.807) is 6.20 Å². The van der Waals surface area contributed by atoms with Gasteiger partial charge < -0.3 is 10.6 Å². The van der Waals surface area contributed by atoms with Gasteiger partial charge in [0, 0.05) is 17.3 Å². The highest BCUT2D eigenvalue weighted by atomic mass is 35.5. The van der Waals surface area contributed by atoms with Crippen LogP contribution in [0.5, 0.6) is 0 Å². The maximum atomic E-state index is 6.14. The SMILES string of the molecule is CC(C)NC(=S)Nc1cnn(Cc2ccccc2Cl)c1. The molecule has 6 heteroatoms. The van der Waals surface area contributed by atoms with E-state index < -0.39 is 0 Å². The molecule has 1 heterocycles. The Labute approximate surface area is 129 Å². The second-order valence-corrected chi connectivity index (χ2v) is 5.59. The Balaban J connectivity index is 1.99. The second-order valence-electron chi connectivity index (χ2n) is 4.77. The molecule has 1 aromatic carbocycles. The first kappa shape index (κ1) is 14.8. The molecule has 2 N–H and O–H groups in total. The van der Waals surface area contributed by atoms with Gasteiger partial charge in [-0.25, -0.2) is 0 Å². The molecule has 0 saturated carbocycles. The predicted octanol–water partition coefficient (Wildman–Crippen LogP) is 3.28. The van der Waals surface area contributed by atoms with Crippen molar-refractivity contribution in [3.63, 3.8) is 0 Å². The summed E-state index contributed by atoms with van der Waals surface area (Å²) in [5, 5.41) is 11.9. The maximum Gasteiger partial charge on any atom is 0.171 e. The van der Waals surface area contributed by atoms with Crippen LogP contribution in [0.1, 0.15) is 19.4 Å². The van der Waals surface area contributed by atoms with Crippen molar-refractivity contribution >= 4 is 34.6 Å². The summed E-state index contributed by atoms with van der Waals surface area (Å²) in [5.41, 5.74) is 1.89. The predicted molar refractivity (Wildman–Crippen MR) is 87.3 cm³/mol. The first-order valence-electron chi connectivity index (χ1n) is 6.38. The first-order chi connectivity index (χ1) is 9.54. The minimum absolute atomic E-state index is 0.299. The average molecular weight is 309 g/mol. The van der Waals surface area contributed by atoms with Gasteiger partial charge in [0.1, 0.15) is 0 Å². The summed E-state index contributed by atoms with van der Waals surface area (Å²) in [5.74, 6) is 0. The third kappa shape index (κ3) is 4.21. The number of halogens is 1. The van der Waals surface area contributed by atoms with Gasteiger partial charge in [0.05, 0.1) is 18.4 Å². The highest BCUT2D eigenvalue weighted by Gasteiger charge is 2.04. The molecule has 0 bridgehead atoms. The van der Waals surface area contributed by atoms with Crippen LogP contribution in [0.2, 0.25) is 5.02 Å². The van der Waals surface area contributed by atoms with Crippen molar-refractivity contribution < 1.29 is 0 Å². The number of hydrogen-bond donors (Lipinski definition) is 2. The van der Waals surface area contributed by atoms with Gasteiger partial charge in [-0.1, -0.05) is 29.8 Å².